The summed E-state index contributed by atoms with van der Waals surface area (Å²) in [5.41, 5.74) is 2.75. The maximum atomic E-state index is 13.6. The Hall–Kier alpha value is -1.40. The second-order valence-corrected chi connectivity index (χ2v) is 5.98. The van der Waals surface area contributed by atoms with Crippen molar-refractivity contribution in [3.8, 4) is 0 Å². The molecule has 0 amide bonds. The van der Waals surface area contributed by atoms with Gasteiger partial charge in [-0.25, -0.2) is 9.18 Å². The number of hydrogen-bond acceptors (Lipinski definition) is 2. The third-order valence-corrected chi connectivity index (χ3v) is 4.85. The Morgan fingerprint density at radius 3 is 2.85 bits per heavy atom. The van der Waals surface area contributed by atoms with E-state index in [1.165, 1.54) is 6.07 Å². The van der Waals surface area contributed by atoms with E-state index in [9.17, 15) is 9.18 Å². The molecule has 1 aromatic heterocycles. The summed E-state index contributed by atoms with van der Waals surface area (Å²) in [5.74, 6) is -0.809. The Kier molecular flexibility index (Phi) is 3.52. The van der Waals surface area contributed by atoms with Gasteiger partial charge < -0.3 is 4.42 Å². The molecule has 1 atom stereocenters. The van der Waals surface area contributed by atoms with Crippen molar-refractivity contribution in [3.63, 3.8) is 0 Å². The van der Waals surface area contributed by atoms with Gasteiger partial charge in [-0.2, -0.15) is 0 Å². The zero-order chi connectivity index (χ0) is 14.3. The molecule has 0 aliphatic rings. The number of rotatable bonds is 2. The van der Waals surface area contributed by atoms with Crippen LogP contribution >= 0.6 is 31.9 Å². The second-order valence-electron chi connectivity index (χ2n) is 4.28. The molecule has 3 rings (SSSR count). The Labute approximate surface area is 130 Å². The molecule has 0 bridgehead atoms. The minimum absolute atomic E-state index is 0.211. The van der Waals surface area contributed by atoms with Gasteiger partial charge in [-0.1, -0.05) is 34.1 Å². The molecule has 1 unspecified atom stereocenters. The van der Waals surface area contributed by atoms with Gasteiger partial charge >= 0.3 is 5.76 Å². The summed E-state index contributed by atoms with van der Waals surface area (Å²) in [4.78, 5) is 13.5. The smallest absolute Gasteiger partial charge is 0.408 e. The maximum absolute atomic E-state index is 13.6. The van der Waals surface area contributed by atoms with E-state index in [-0.39, 0.29) is 10.6 Å². The van der Waals surface area contributed by atoms with Crippen LogP contribution in [0.5, 0.6) is 0 Å². The first kappa shape index (κ1) is 13.6. The number of fused-ring (bicyclic) bond motifs is 1. The summed E-state index contributed by atoms with van der Waals surface area (Å²) >= 11 is 6.79. The second kappa shape index (κ2) is 5.18. The SMILES string of the molecule is O=c1[nH]c2ccc(C(Br)c3cccc(F)c3Br)cc2o1. The molecule has 3 nitrogen and oxygen atoms in total. The van der Waals surface area contributed by atoms with Crippen LogP contribution in [0.1, 0.15) is 16.0 Å². The number of alkyl halides is 1. The van der Waals surface area contributed by atoms with Crippen LogP contribution in [0.4, 0.5) is 4.39 Å². The van der Waals surface area contributed by atoms with Gasteiger partial charge in [0.2, 0.25) is 0 Å². The van der Waals surface area contributed by atoms with E-state index in [0.29, 0.717) is 15.6 Å². The van der Waals surface area contributed by atoms with Crippen molar-refractivity contribution in [2.75, 3.05) is 0 Å². The highest BCUT2D eigenvalue weighted by molar-refractivity contribution is 9.11. The molecule has 102 valence electrons. The Balaban J connectivity index is 2.09. The minimum atomic E-state index is -0.491. The summed E-state index contributed by atoms with van der Waals surface area (Å²) in [6.45, 7) is 0. The first-order valence-corrected chi connectivity index (χ1v) is 7.48. The van der Waals surface area contributed by atoms with E-state index >= 15 is 0 Å². The summed E-state index contributed by atoms with van der Waals surface area (Å²) in [5, 5.41) is 0. The molecule has 0 aliphatic carbocycles. The molecule has 0 saturated heterocycles. The molecule has 0 radical (unpaired) electrons. The van der Waals surface area contributed by atoms with Crippen LogP contribution < -0.4 is 5.76 Å². The number of H-pyrrole nitrogens is 1. The van der Waals surface area contributed by atoms with Crippen molar-refractivity contribution in [1.29, 1.82) is 0 Å². The first-order valence-electron chi connectivity index (χ1n) is 5.77. The van der Waals surface area contributed by atoms with E-state index in [1.54, 1.807) is 18.2 Å². The lowest BCUT2D eigenvalue weighted by Crippen LogP contribution is -1.95. The fourth-order valence-electron chi connectivity index (χ4n) is 2.02. The number of halogens is 3. The van der Waals surface area contributed by atoms with Gasteiger partial charge in [0.15, 0.2) is 5.58 Å². The number of aromatic nitrogens is 1. The topological polar surface area (TPSA) is 46.0 Å². The van der Waals surface area contributed by atoms with Gasteiger partial charge in [-0.3, -0.25) is 4.98 Å². The lowest BCUT2D eigenvalue weighted by atomic mass is 10.0. The van der Waals surface area contributed by atoms with E-state index in [0.717, 1.165) is 11.1 Å². The van der Waals surface area contributed by atoms with Gasteiger partial charge in [-0.05, 0) is 45.3 Å². The molecule has 2 aromatic carbocycles. The van der Waals surface area contributed by atoms with Crippen LogP contribution in [-0.2, 0) is 0 Å². The maximum Gasteiger partial charge on any atom is 0.417 e. The van der Waals surface area contributed by atoms with Crippen LogP contribution in [0.15, 0.2) is 50.1 Å². The number of benzene rings is 2. The Morgan fingerprint density at radius 2 is 2.05 bits per heavy atom. The quantitative estimate of drug-likeness (QED) is 0.643. The molecule has 6 heteroatoms. The average molecular weight is 401 g/mol. The lowest BCUT2D eigenvalue weighted by Gasteiger charge is -2.13. The third kappa shape index (κ3) is 2.33. The number of oxazole rings is 1. The van der Waals surface area contributed by atoms with E-state index in [4.69, 9.17) is 4.42 Å². The fourth-order valence-corrected chi connectivity index (χ4v) is 3.48. The van der Waals surface area contributed by atoms with Crippen LogP contribution in [0, 0.1) is 5.82 Å². The molecule has 0 spiro atoms. The highest BCUT2D eigenvalue weighted by Gasteiger charge is 2.16. The van der Waals surface area contributed by atoms with Gasteiger partial charge in [-0.15, -0.1) is 0 Å². The molecule has 0 saturated carbocycles. The molecule has 3 aromatic rings. The number of nitrogens with one attached hydrogen (secondary N) is 1. The van der Waals surface area contributed by atoms with Gasteiger partial charge in [0.25, 0.3) is 0 Å². The predicted octanol–water partition coefficient (Wildman–Crippen LogP) is 4.51. The van der Waals surface area contributed by atoms with Crippen molar-refractivity contribution >= 4 is 43.0 Å². The monoisotopic (exact) mass is 399 g/mol. The molecule has 1 heterocycles. The predicted molar refractivity (Wildman–Crippen MR) is 81.7 cm³/mol. The van der Waals surface area contributed by atoms with Crippen molar-refractivity contribution < 1.29 is 8.81 Å². The van der Waals surface area contributed by atoms with Crippen LogP contribution in [0.2, 0.25) is 0 Å². The minimum Gasteiger partial charge on any atom is -0.408 e. The highest BCUT2D eigenvalue weighted by Crippen LogP contribution is 2.37. The van der Waals surface area contributed by atoms with Crippen molar-refractivity contribution in [1.82, 2.24) is 4.98 Å². The molecule has 0 aliphatic heterocycles. The van der Waals surface area contributed by atoms with Gasteiger partial charge in [0.1, 0.15) is 5.82 Å². The Morgan fingerprint density at radius 1 is 1.25 bits per heavy atom. The van der Waals surface area contributed by atoms with Gasteiger partial charge in [0, 0.05) is 0 Å². The van der Waals surface area contributed by atoms with Crippen LogP contribution in [-0.4, -0.2) is 4.98 Å². The summed E-state index contributed by atoms with van der Waals surface area (Å²) < 4.78 is 19.0. The molecule has 20 heavy (non-hydrogen) atoms. The van der Waals surface area contributed by atoms with E-state index < -0.39 is 5.76 Å². The zero-order valence-electron chi connectivity index (χ0n) is 9.99. The standard InChI is InChI=1S/C14H8Br2FNO2/c15-12(8-2-1-3-9(17)13(8)16)7-4-5-10-11(6-7)20-14(19)18-10/h1-6,12H,(H,18,19). The van der Waals surface area contributed by atoms with Crippen LogP contribution in [0.25, 0.3) is 11.1 Å². The van der Waals surface area contributed by atoms with Crippen molar-refractivity contribution in [2.24, 2.45) is 0 Å². The third-order valence-electron chi connectivity index (χ3n) is 2.99. The molecule has 1 N–H and O–H groups in total. The van der Waals surface area contributed by atoms with Crippen molar-refractivity contribution in [3.05, 3.63) is 68.4 Å². The normalized spacial score (nSPS) is 12.8. The lowest BCUT2D eigenvalue weighted by molar-refractivity contribution is 0.555. The average Bonchev–Trinajstić information content (AvgIpc) is 2.80. The molecular formula is C14H8Br2FNO2. The largest absolute Gasteiger partial charge is 0.417 e. The van der Waals surface area contributed by atoms with E-state index in [1.807, 2.05) is 12.1 Å². The summed E-state index contributed by atoms with van der Waals surface area (Å²) in [6.07, 6.45) is 0. The highest BCUT2D eigenvalue weighted by atomic mass is 79.9. The molecule has 0 fully saturated rings. The molecular weight excluding hydrogens is 393 g/mol. The summed E-state index contributed by atoms with van der Waals surface area (Å²) in [6, 6.07) is 10.2. The zero-order valence-corrected chi connectivity index (χ0v) is 13.2. The first-order chi connectivity index (χ1) is 9.56. The fraction of sp³-hybridized carbons (Fsp3) is 0.0714. The Bertz CT molecular complexity index is 841. The van der Waals surface area contributed by atoms with Gasteiger partial charge in [0.05, 0.1) is 14.8 Å². The van der Waals surface area contributed by atoms with Crippen LogP contribution in [0.3, 0.4) is 0 Å². The number of aromatic amines is 1. The number of hydrogen-bond donors (Lipinski definition) is 1. The van der Waals surface area contributed by atoms with Crippen molar-refractivity contribution in [2.45, 2.75) is 4.83 Å². The summed E-state index contributed by atoms with van der Waals surface area (Å²) in [7, 11) is 0. The van der Waals surface area contributed by atoms with E-state index in [2.05, 4.69) is 36.8 Å².